The van der Waals surface area contributed by atoms with Gasteiger partial charge in [-0.05, 0) is 36.6 Å². The summed E-state index contributed by atoms with van der Waals surface area (Å²) in [5.41, 5.74) is 1.45. The van der Waals surface area contributed by atoms with Crippen LogP contribution in [-0.2, 0) is 16.8 Å². The standard InChI is InChI=1S/C21H27N3O3/c1-21(2,3)18-11-12-19(25)24(22-18)14-20(26)23-13-5-6-17(23)15-7-9-16(27-4)10-8-15/h7-12,17H,5-6,13-14H2,1-4H3. The summed E-state index contributed by atoms with van der Waals surface area (Å²) in [5.74, 6) is 0.721. The third-order valence-corrected chi connectivity index (χ3v) is 4.99. The zero-order valence-electron chi connectivity index (χ0n) is 16.4. The number of amides is 1. The zero-order chi connectivity index (χ0) is 19.6. The lowest BCUT2D eigenvalue weighted by Crippen LogP contribution is -2.37. The smallest absolute Gasteiger partial charge is 0.267 e. The van der Waals surface area contributed by atoms with Gasteiger partial charge in [0, 0.05) is 18.0 Å². The zero-order valence-corrected chi connectivity index (χ0v) is 16.4. The van der Waals surface area contributed by atoms with Crippen LogP contribution in [0.25, 0.3) is 0 Å². The van der Waals surface area contributed by atoms with Gasteiger partial charge in [-0.3, -0.25) is 9.59 Å². The molecule has 1 fully saturated rings. The average Bonchev–Trinajstić information content (AvgIpc) is 3.12. The molecule has 6 nitrogen and oxygen atoms in total. The van der Waals surface area contributed by atoms with E-state index in [0.717, 1.165) is 29.8 Å². The Hall–Kier alpha value is -2.63. The van der Waals surface area contributed by atoms with Gasteiger partial charge < -0.3 is 9.64 Å². The normalized spacial score (nSPS) is 17.2. The summed E-state index contributed by atoms with van der Waals surface area (Å²) in [6, 6.07) is 11.1. The van der Waals surface area contributed by atoms with E-state index < -0.39 is 0 Å². The van der Waals surface area contributed by atoms with Crippen molar-refractivity contribution >= 4 is 5.91 Å². The van der Waals surface area contributed by atoms with E-state index in [2.05, 4.69) is 5.10 Å². The van der Waals surface area contributed by atoms with Crippen molar-refractivity contribution in [3.05, 3.63) is 58.0 Å². The van der Waals surface area contributed by atoms with Crippen LogP contribution < -0.4 is 10.3 Å². The molecule has 0 N–H and O–H groups in total. The molecule has 1 saturated heterocycles. The van der Waals surface area contributed by atoms with Gasteiger partial charge in [0.15, 0.2) is 0 Å². The molecular formula is C21H27N3O3. The lowest BCUT2D eigenvalue weighted by Gasteiger charge is -2.26. The Balaban J connectivity index is 1.80. The lowest BCUT2D eigenvalue weighted by molar-refractivity contribution is -0.133. The predicted octanol–water partition coefficient (Wildman–Crippen LogP) is 2.91. The van der Waals surface area contributed by atoms with E-state index >= 15 is 0 Å². The summed E-state index contributed by atoms with van der Waals surface area (Å²) in [5, 5.41) is 4.42. The van der Waals surface area contributed by atoms with Gasteiger partial charge in [0.25, 0.3) is 5.56 Å². The van der Waals surface area contributed by atoms with Crippen molar-refractivity contribution in [2.24, 2.45) is 0 Å². The molecule has 1 aromatic carbocycles. The average molecular weight is 369 g/mol. The predicted molar refractivity (Wildman–Crippen MR) is 104 cm³/mol. The van der Waals surface area contributed by atoms with Crippen LogP contribution in [0.3, 0.4) is 0 Å². The summed E-state index contributed by atoms with van der Waals surface area (Å²) in [6.07, 6.45) is 1.87. The monoisotopic (exact) mass is 369 g/mol. The Labute approximate surface area is 159 Å². The molecule has 0 bridgehead atoms. The highest BCUT2D eigenvalue weighted by atomic mass is 16.5. The van der Waals surface area contributed by atoms with Crippen LogP contribution in [0.15, 0.2) is 41.2 Å². The van der Waals surface area contributed by atoms with Gasteiger partial charge in [-0.2, -0.15) is 5.10 Å². The number of hydrogen-bond acceptors (Lipinski definition) is 4. The fourth-order valence-electron chi connectivity index (χ4n) is 3.42. The first kappa shape index (κ1) is 19.1. The SMILES string of the molecule is COc1ccc(C2CCCN2C(=O)Cn2nc(C(C)(C)C)ccc2=O)cc1. The van der Waals surface area contributed by atoms with Gasteiger partial charge in [0.2, 0.25) is 5.91 Å². The number of rotatable bonds is 4. The molecule has 0 saturated carbocycles. The highest BCUT2D eigenvalue weighted by molar-refractivity contribution is 5.76. The number of benzene rings is 1. The quantitative estimate of drug-likeness (QED) is 0.831. The second-order valence-corrected chi connectivity index (χ2v) is 7.98. The minimum absolute atomic E-state index is 0.0323. The minimum atomic E-state index is -0.253. The molecule has 3 rings (SSSR count). The fourth-order valence-corrected chi connectivity index (χ4v) is 3.42. The highest BCUT2D eigenvalue weighted by Crippen LogP contribution is 2.32. The molecule has 1 aromatic heterocycles. The molecule has 144 valence electrons. The van der Waals surface area contributed by atoms with E-state index in [1.165, 1.54) is 10.7 Å². The number of carbonyl (C=O) groups is 1. The Morgan fingerprint density at radius 3 is 2.52 bits per heavy atom. The van der Waals surface area contributed by atoms with Gasteiger partial charge in [0.05, 0.1) is 18.8 Å². The van der Waals surface area contributed by atoms with E-state index in [-0.39, 0.29) is 29.5 Å². The lowest BCUT2D eigenvalue weighted by atomic mass is 9.92. The van der Waals surface area contributed by atoms with Gasteiger partial charge in [-0.25, -0.2) is 4.68 Å². The van der Waals surface area contributed by atoms with Crippen molar-refractivity contribution in [2.45, 2.75) is 51.6 Å². The number of nitrogens with zero attached hydrogens (tertiary/aromatic N) is 3. The van der Waals surface area contributed by atoms with Gasteiger partial charge >= 0.3 is 0 Å². The van der Waals surface area contributed by atoms with Crippen molar-refractivity contribution in [3.8, 4) is 5.75 Å². The maximum Gasteiger partial charge on any atom is 0.267 e. The first-order valence-corrected chi connectivity index (χ1v) is 9.31. The first-order chi connectivity index (χ1) is 12.8. The summed E-state index contributed by atoms with van der Waals surface area (Å²) in [7, 11) is 1.64. The Bertz CT molecular complexity index is 865. The van der Waals surface area contributed by atoms with E-state index in [1.54, 1.807) is 13.2 Å². The maximum absolute atomic E-state index is 12.9. The Morgan fingerprint density at radius 1 is 1.19 bits per heavy atom. The van der Waals surface area contributed by atoms with Crippen LogP contribution in [-0.4, -0.2) is 34.2 Å². The molecule has 1 atom stereocenters. The molecular weight excluding hydrogens is 342 g/mol. The van der Waals surface area contributed by atoms with Crippen molar-refractivity contribution in [1.82, 2.24) is 14.7 Å². The van der Waals surface area contributed by atoms with Crippen molar-refractivity contribution in [1.29, 1.82) is 0 Å². The van der Waals surface area contributed by atoms with E-state index in [1.807, 2.05) is 49.9 Å². The molecule has 1 aliphatic heterocycles. The molecule has 6 heteroatoms. The van der Waals surface area contributed by atoms with Crippen molar-refractivity contribution in [3.63, 3.8) is 0 Å². The van der Waals surface area contributed by atoms with Crippen LogP contribution in [0.4, 0.5) is 0 Å². The van der Waals surface area contributed by atoms with Gasteiger partial charge in [-0.1, -0.05) is 32.9 Å². The van der Waals surface area contributed by atoms with Crippen LogP contribution >= 0.6 is 0 Å². The summed E-state index contributed by atoms with van der Waals surface area (Å²) >= 11 is 0. The van der Waals surface area contributed by atoms with Crippen LogP contribution in [0, 0.1) is 0 Å². The van der Waals surface area contributed by atoms with E-state index in [9.17, 15) is 9.59 Å². The molecule has 0 radical (unpaired) electrons. The topological polar surface area (TPSA) is 64.4 Å². The van der Waals surface area contributed by atoms with E-state index in [0.29, 0.717) is 6.54 Å². The number of hydrogen-bond donors (Lipinski definition) is 0. The highest BCUT2D eigenvalue weighted by Gasteiger charge is 2.30. The maximum atomic E-state index is 12.9. The first-order valence-electron chi connectivity index (χ1n) is 9.31. The second kappa shape index (κ2) is 7.55. The largest absolute Gasteiger partial charge is 0.497 e. The van der Waals surface area contributed by atoms with Gasteiger partial charge in [-0.15, -0.1) is 0 Å². The number of likely N-dealkylation sites (tertiary alicyclic amines) is 1. The summed E-state index contributed by atoms with van der Waals surface area (Å²) in [6.45, 7) is 6.77. The molecule has 2 aromatic rings. The van der Waals surface area contributed by atoms with Crippen molar-refractivity contribution < 1.29 is 9.53 Å². The molecule has 27 heavy (non-hydrogen) atoms. The molecule has 2 heterocycles. The third-order valence-electron chi connectivity index (χ3n) is 4.99. The molecule has 0 aliphatic carbocycles. The summed E-state index contributed by atoms with van der Waals surface area (Å²) in [4.78, 5) is 27.0. The fraction of sp³-hybridized carbons (Fsp3) is 0.476. The molecule has 0 spiro atoms. The minimum Gasteiger partial charge on any atom is -0.497 e. The summed E-state index contributed by atoms with van der Waals surface area (Å²) < 4.78 is 6.49. The number of aromatic nitrogens is 2. The van der Waals surface area contributed by atoms with Crippen LogP contribution in [0.5, 0.6) is 5.75 Å². The molecule has 1 unspecified atom stereocenters. The number of methoxy groups -OCH3 is 1. The van der Waals surface area contributed by atoms with E-state index in [4.69, 9.17) is 4.74 Å². The Kier molecular flexibility index (Phi) is 5.35. The van der Waals surface area contributed by atoms with Gasteiger partial charge in [0.1, 0.15) is 12.3 Å². The van der Waals surface area contributed by atoms with Crippen molar-refractivity contribution in [2.75, 3.05) is 13.7 Å². The Morgan fingerprint density at radius 2 is 1.89 bits per heavy atom. The van der Waals surface area contributed by atoms with Crippen LogP contribution in [0.2, 0.25) is 0 Å². The second-order valence-electron chi connectivity index (χ2n) is 7.98. The number of carbonyl (C=O) groups excluding carboxylic acids is 1. The molecule has 1 aliphatic rings. The third kappa shape index (κ3) is 4.21. The molecule has 1 amide bonds. The van der Waals surface area contributed by atoms with Crippen LogP contribution in [0.1, 0.15) is 50.9 Å². The number of ether oxygens (including phenoxy) is 1.